The van der Waals surface area contributed by atoms with E-state index in [1.54, 1.807) is 0 Å². The minimum Gasteiger partial charge on any atom is -0.370 e. The molecule has 1 heterocycles. The number of thioether (sulfide) groups is 1. The van der Waals surface area contributed by atoms with E-state index in [-0.39, 0.29) is 0 Å². The standard InChI is InChI=1S/C14H27N5S/c1-4-8-12-17-13(11(2)14(18-12)19-15)16-9-6-5-7-10-20-3/h4-10,15H2,1-3H3,(H2,16,17,18,19). The lowest BCUT2D eigenvalue weighted by molar-refractivity contribution is 0.745. The van der Waals surface area contributed by atoms with Crippen LogP contribution in [0.2, 0.25) is 0 Å². The van der Waals surface area contributed by atoms with E-state index in [0.29, 0.717) is 5.82 Å². The smallest absolute Gasteiger partial charge is 0.148 e. The summed E-state index contributed by atoms with van der Waals surface area (Å²) >= 11 is 1.91. The summed E-state index contributed by atoms with van der Waals surface area (Å²) < 4.78 is 0. The quantitative estimate of drug-likeness (QED) is 0.350. The van der Waals surface area contributed by atoms with Gasteiger partial charge in [0.2, 0.25) is 0 Å². The number of unbranched alkanes of at least 4 members (excludes halogenated alkanes) is 2. The Morgan fingerprint density at radius 3 is 2.55 bits per heavy atom. The lowest BCUT2D eigenvalue weighted by atomic mass is 10.2. The molecule has 0 aliphatic rings. The van der Waals surface area contributed by atoms with Crippen molar-refractivity contribution in [1.29, 1.82) is 0 Å². The van der Waals surface area contributed by atoms with Crippen LogP contribution in [0.1, 0.15) is 44.0 Å². The number of anilines is 2. The van der Waals surface area contributed by atoms with Gasteiger partial charge in [0, 0.05) is 18.5 Å². The number of aryl methyl sites for hydroxylation is 1. The Hall–Kier alpha value is -1.01. The number of rotatable bonds is 10. The second kappa shape index (κ2) is 9.83. The number of nitrogens with two attached hydrogens (primary N) is 1. The Bertz CT molecular complexity index is 397. The maximum atomic E-state index is 5.52. The summed E-state index contributed by atoms with van der Waals surface area (Å²) in [6.45, 7) is 5.06. The molecule has 0 spiro atoms. The first kappa shape index (κ1) is 17.0. The lowest BCUT2D eigenvalue weighted by Crippen LogP contribution is -2.15. The van der Waals surface area contributed by atoms with Crippen LogP contribution in [0.3, 0.4) is 0 Å². The first-order valence-electron chi connectivity index (χ1n) is 7.29. The van der Waals surface area contributed by atoms with Gasteiger partial charge < -0.3 is 10.7 Å². The number of aromatic nitrogens is 2. The van der Waals surface area contributed by atoms with Crippen molar-refractivity contribution in [2.24, 2.45) is 5.84 Å². The molecule has 0 bridgehead atoms. The van der Waals surface area contributed by atoms with Crippen LogP contribution in [-0.4, -0.2) is 28.5 Å². The fourth-order valence-corrected chi connectivity index (χ4v) is 2.46. The van der Waals surface area contributed by atoms with Crippen molar-refractivity contribution in [2.75, 3.05) is 29.3 Å². The largest absolute Gasteiger partial charge is 0.370 e. The molecule has 1 rings (SSSR count). The molecule has 0 aromatic carbocycles. The molecule has 0 saturated carbocycles. The lowest BCUT2D eigenvalue weighted by Gasteiger charge is -2.13. The van der Waals surface area contributed by atoms with Crippen molar-refractivity contribution in [1.82, 2.24) is 9.97 Å². The Morgan fingerprint density at radius 1 is 1.15 bits per heavy atom. The monoisotopic (exact) mass is 297 g/mol. The summed E-state index contributed by atoms with van der Waals surface area (Å²) in [6.07, 6.45) is 7.75. The van der Waals surface area contributed by atoms with Crippen LogP contribution in [0.25, 0.3) is 0 Å². The Morgan fingerprint density at radius 2 is 1.90 bits per heavy atom. The van der Waals surface area contributed by atoms with Crippen LogP contribution in [0.5, 0.6) is 0 Å². The van der Waals surface area contributed by atoms with E-state index in [0.717, 1.165) is 36.6 Å². The predicted molar refractivity (Wildman–Crippen MR) is 89.3 cm³/mol. The van der Waals surface area contributed by atoms with Crippen LogP contribution in [-0.2, 0) is 6.42 Å². The zero-order valence-corrected chi connectivity index (χ0v) is 13.6. The van der Waals surface area contributed by atoms with Gasteiger partial charge in [0.15, 0.2) is 0 Å². The van der Waals surface area contributed by atoms with E-state index in [4.69, 9.17) is 5.84 Å². The molecule has 0 aliphatic carbocycles. The zero-order valence-electron chi connectivity index (χ0n) is 12.8. The van der Waals surface area contributed by atoms with E-state index in [1.165, 1.54) is 25.0 Å². The average Bonchev–Trinajstić information content (AvgIpc) is 2.45. The predicted octanol–water partition coefficient (Wildman–Crippen LogP) is 2.97. The van der Waals surface area contributed by atoms with E-state index < -0.39 is 0 Å². The van der Waals surface area contributed by atoms with Gasteiger partial charge in [-0.2, -0.15) is 11.8 Å². The first-order chi connectivity index (χ1) is 9.72. The number of hydrazine groups is 1. The van der Waals surface area contributed by atoms with Crippen LogP contribution in [0.4, 0.5) is 11.6 Å². The minimum absolute atomic E-state index is 0.716. The van der Waals surface area contributed by atoms with Gasteiger partial charge in [0.1, 0.15) is 17.5 Å². The summed E-state index contributed by atoms with van der Waals surface area (Å²) in [7, 11) is 0. The summed E-state index contributed by atoms with van der Waals surface area (Å²) in [5.41, 5.74) is 3.64. The molecule has 0 atom stereocenters. The highest BCUT2D eigenvalue weighted by Crippen LogP contribution is 2.19. The fraction of sp³-hybridized carbons (Fsp3) is 0.714. The molecular formula is C14H27N5S. The third-order valence-electron chi connectivity index (χ3n) is 3.12. The van der Waals surface area contributed by atoms with E-state index >= 15 is 0 Å². The summed E-state index contributed by atoms with van der Waals surface area (Å²) in [5.74, 6) is 9.23. The van der Waals surface area contributed by atoms with Crippen LogP contribution in [0, 0.1) is 6.92 Å². The summed E-state index contributed by atoms with van der Waals surface area (Å²) in [6, 6.07) is 0. The molecule has 0 saturated heterocycles. The van der Waals surface area contributed by atoms with Crippen molar-refractivity contribution >= 4 is 23.4 Å². The number of nitrogen functional groups attached to an aromatic ring is 1. The first-order valence-corrected chi connectivity index (χ1v) is 8.69. The second-order valence-electron chi connectivity index (χ2n) is 4.84. The molecule has 114 valence electrons. The second-order valence-corrected chi connectivity index (χ2v) is 5.82. The molecule has 0 amide bonds. The van der Waals surface area contributed by atoms with Crippen LogP contribution >= 0.6 is 11.8 Å². The van der Waals surface area contributed by atoms with Crippen molar-refractivity contribution in [3.8, 4) is 0 Å². The molecule has 0 aliphatic heterocycles. The Kier molecular flexibility index (Phi) is 8.37. The highest BCUT2D eigenvalue weighted by Gasteiger charge is 2.09. The van der Waals surface area contributed by atoms with E-state index in [1.807, 2.05) is 18.7 Å². The van der Waals surface area contributed by atoms with Gasteiger partial charge in [-0.1, -0.05) is 13.3 Å². The van der Waals surface area contributed by atoms with Gasteiger partial charge in [-0.25, -0.2) is 15.8 Å². The summed E-state index contributed by atoms with van der Waals surface area (Å²) in [5, 5.41) is 3.41. The Labute approximate surface area is 126 Å². The molecule has 6 heteroatoms. The van der Waals surface area contributed by atoms with Gasteiger partial charge in [-0.3, -0.25) is 0 Å². The number of nitrogens with zero attached hydrogens (tertiary/aromatic N) is 2. The van der Waals surface area contributed by atoms with Crippen LogP contribution in [0.15, 0.2) is 0 Å². The molecule has 0 fully saturated rings. The molecule has 1 aromatic rings. The third kappa shape index (κ3) is 5.54. The molecule has 0 radical (unpaired) electrons. The molecule has 1 aromatic heterocycles. The zero-order chi connectivity index (χ0) is 14.8. The molecule has 0 unspecified atom stereocenters. The molecular weight excluding hydrogens is 270 g/mol. The molecule has 4 N–H and O–H groups in total. The van der Waals surface area contributed by atoms with E-state index in [2.05, 4.69) is 33.9 Å². The van der Waals surface area contributed by atoms with Gasteiger partial charge in [-0.15, -0.1) is 0 Å². The van der Waals surface area contributed by atoms with Gasteiger partial charge in [-0.05, 0) is 38.2 Å². The van der Waals surface area contributed by atoms with Crippen molar-refractivity contribution in [3.05, 3.63) is 11.4 Å². The topological polar surface area (TPSA) is 75.9 Å². The maximum absolute atomic E-state index is 5.52. The molecule has 20 heavy (non-hydrogen) atoms. The third-order valence-corrected chi connectivity index (χ3v) is 3.82. The SMILES string of the molecule is CCCc1nc(NN)c(C)c(NCCCCCSC)n1. The average molecular weight is 297 g/mol. The van der Waals surface area contributed by atoms with Crippen LogP contribution < -0.4 is 16.6 Å². The number of hydrogen-bond donors (Lipinski definition) is 3. The fourth-order valence-electron chi connectivity index (χ4n) is 1.97. The van der Waals surface area contributed by atoms with Gasteiger partial charge in [0.05, 0.1) is 0 Å². The highest BCUT2D eigenvalue weighted by molar-refractivity contribution is 7.98. The number of nitrogens with one attached hydrogen (secondary N) is 2. The summed E-state index contributed by atoms with van der Waals surface area (Å²) in [4.78, 5) is 9.00. The normalized spacial score (nSPS) is 10.6. The minimum atomic E-state index is 0.716. The molecule has 5 nitrogen and oxygen atoms in total. The van der Waals surface area contributed by atoms with Gasteiger partial charge in [0.25, 0.3) is 0 Å². The van der Waals surface area contributed by atoms with Crippen molar-refractivity contribution in [2.45, 2.75) is 46.0 Å². The van der Waals surface area contributed by atoms with Crippen molar-refractivity contribution in [3.63, 3.8) is 0 Å². The highest BCUT2D eigenvalue weighted by atomic mass is 32.2. The van der Waals surface area contributed by atoms with E-state index in [9.17, 15) is 0 Å². The Balaban J connectivity index is 2.56. The van der Waals surface area contributed by atoms with Gasteiger partial charge >= 0.3 is 0 Å². The van der Waals surface area contributed by atoms with Crippen molar-refractivity contribution < 1.29 is 0 Å². The number of hydrogen-bond acceptors (Lipinski definition) is 6. The maximum Gasteiger partial charge on any atom is 0.148 e.